The van der Waals surface area contributed by atoms with E-state index in [1.807, 2.05) is 6.07 Å². The van der Waals surface area contributed by atoms with Crippen LogP contribution >= 0.6 is 23.2 Å². The van der Waals surface area contributed by atoms with E-state index in [0.717, 1.165) is 12.1 Å². The van der Waals surface area contributed by atoms with Gasteiger partial charge in [0.05, 0.1) is 34.0 Å². The van der Waals surface area contributed by atoms with Crippen LogP contribution in [0.2, 0.25) is 10.0 Å². The number of nitrogens with two attached hydrogens (primary N) is 1. The normalized spacial score (nSPS) is 10.9. The van der Waals surface area contributed by atoms with E-state index in [4.69, 9.17) is 43.1 Å². The van der Waals surface area contributed by atoms with Gasteiger partial charge >= 0.3 is 10.1 Å². The molecule has 0 saturated heterocycles. The first-order valence-electron chi connectivity index (χ1n) is 6.64. The van der Waals surface area contributed by atoms with Crippen molar-refractivity contribution >= 4 is 39.0 Å². The van der Waals surface area contributed by atoms with Crippen LogP contribution in [0.3, 0.4) is 0 Å². The summed E-state index contributed by atoms with van der Waals surface area (Å²) in [6, 6.07) is 8.35. The Morgan fingerprint density at radius 3 is 2.33 bits per heavy atom. The van der Waals surface area contributed by atoms with E-state index >= 15 is 0 Å². The maximum absolute atomic E-state index is 12.4. The lowest BCUT2D eigenvalue weighted by molar-refractivity contribution is 0.327. The molecule has 0 spiro atoms. The summed E-state index contributed by atoms with van der Waals surface area (Å²) in [6.07, 6.45) is 0. The van der Waals surface area contributed by atoms with Crippen molar-refractivity contribution in [2.75, 3.05) is 12.3 Å². The van der Waals surface area contributed by atoms with E-state index in [1.165, 1.54) is 18.2 Å². The fourth-order valence-electron chi connectivity index (χ4n) is 1.79. The maximum atomic E-state index is 12.4. The zero-order valence-corrected chi connectivity index (χ0v) is 14.7. The highest BCUT2D eigenvalue weighted by molar-refractivity contribution is 7.87. The smallest absolute Gasteiger partial charge is 0.339 e. The molecule has 0 fully saturated rings. The van der Waals surface area contributed by atoms with E-state index in [1.54, 1.807) is 6.92 Å². The third kappa shape index (κ3) is 3.85. The van der Waals surface area contributed by atoms with Crippen molar-refractivity contribution in [3.63, 3.8) is 0 Å². The quantitative estimate of drug-likeness (QED) is 0.621. The van der Waals surface area contributed by atoms with Crippen molar-refractivity contribution in [1.82, 2.24) is 0 Å². The van der Waals surface area contributed by atoms with Gasteiger partial charge in [-0.25, -0.2) is 0 Å². The van der Waals surface area contributed by atoms with Gasteiger partial charge in [-0.2, -0.15) is 13.7 Å². The zero-order chi connectivity index (χ0) is 17.9. The van der Waals surface area contributed by atoms with Crippen molar-refractivity contribution in [1.29, 1.82) is 5.26 Å². The Kier molecular flexibility index (Phi) is 5.44. The van der Waals surface area contributed by atoms with Crippen LogP contribution in [0.4, 0.5) is 5.69 Å². The second kappa shape index (κ2) is 7.18. The summed E-state index contributed by atoms with van der Waals surface area (Å²) in [5, 5.41) is 8.90. The molecule has 0 unspecified atom stereocenters. The first kappa shape index (κ1) is 18.2. The highest BCUT2D eigenvalue weighted by Gasteiger charge is 2.22. The Morgan fingerprint density at radius 1 is 1.17 bits per heavy atom. The van der Waals surface area contributed by atoms with Crippen LogP contribution in [-0.4, -0.2) is 15.0 Å². The summed E-state index contributed by atoms with van der Waals surface area (Å²) in [5.74, 6) is 0.0766. The molecule has 0 aromatic heterocycles. The Hall–Kier alpha value is -2.14. The minimum absolute atomic E-state index is 0.00506. The summed E-state index contributed by atoms with van der Waals surface area (Å²) in [5.41, 5.74) is 5.97. The predicted octanol–water partition coefficient (Wildman–Crippen LogP) is 3.61. The van der Waals surface area contributed by atoms with Gasteiger partial charge in [0.1, 0.15) is 4.90 Å². The van der Waals surface area contributed by atoms with E-state index in [2.05, 4.69) is 0 Å². The third-order valence-electron chi connectivity index (χ3n) is 2.91. The number of hydrogen-bond acceptors (Lipinski definition) is 6. The molecule has 2 aromatic rings. The number of hydrogen-bond donors (Lipinski definition) is 1. The maximum Gasteiger partial charge on any atom is 0.339 e. The fourth-order valence-corrected chi connectivity index (χ4v) is 3.40. The van der Waals surface area contributed by atoms with Crippen LogP contribution in [-0.2, 0) is 10.1 Å². The molecule has 9 heteroatoms. The molecular formula is C15H12Cl2N2O4S. The second-order valence-corrected chi connectivity index (χ2v) is 6.91. The summed E-state index contributed by atoms with van der Waals surface area (Å²) in [4.78, 5) is -0.251. The minimum Gasteiger partial charge on any atom is -0.490 e. The van der Waals surface area contributed by atoms with Gasteiger partial charge in [-0.05, 0) is 31.2 Å². The number of halogens is 2. The molecule has 0 aliphatic carbocycles. The molecular weight excluding hydrogens is 375 g/mol. The van der Waals surface area contributed by atoms with E-state index in [0.29, 0.717) is 5.56 Å². The van der Waals surface area contributed by atoms with E-state index < -0.39 is 10.1 Å². The van der Waals surface area contributed by atoms with Gasteiger partial charge in [0.2, 0.25) is 0 Å². The van der Waals surface area contributed by atoms with Crippen molar-refractivity contribution in [2.45, 2.75) is 11.8 Å². The minimum atomic E-state index is -4.22. The molecule has 0 amide bonds. The van der Waals surface area contributed by atoms with Crippen LogP contribution in [0.25, 0.3) is 0 Å². The summed E-state index contributed by atoms with van der Waals surface area (Å²) in [6.45, 7) is 1.99. The fraction of sp³-hybridized carbons (Fsp3) is 0.133. The number of nitriles is 1. The number of benzene rings is 2. The molecule has 126 valence electrons. The molecule has 0 aliphatic heterocycles. The summed E-state index contributed by atoms with van der Waals surface area (Å²) in [7, 11) is -4.22. The molecule has 0 heterocycles. The van der Waals surface area contributed by atoms with Gasteiger partial charge < -0.3 is 14.7 Å². The third-order valence-corrected chi connectivity index (χ3v) is 4.75. The molecule has 6 nitrogen and oxygen atoms in total. The largest absolute Gasteiger partial charge is 0.490 e. The van der Waals surface area contributed by atoms with Gasteiger partial charge in [0.25, 0.3) is 0 Å². The van der Waals surface area contributed by atoms with Crippen molar-refractivity contribution in [3.05, 3.63) is 45.9 Å². The topological polar surface area (TPSA) is 102 Å². The Morgan fingerprint density at radius 2 is 1.79 bits per heavy atom. The molecule has 0 radical (unpaired) electrons. The monoisotopic (exact) mass is 386 g/mol. The number of ether oxygens (including phenoxy) is 1. The Balaban J connectivity index is 2.45. The highest BCUT2D eigenvalue weighted by Crippen LogP contribution is 2.34. The lowest BCUT2D eigenvalue weighted by atomic mass is 10.2. The standard InChI is InChI=1S/C15H12Cl2N2O4S/c1-2-22-14-5-9(8-18)3-4-13(14)23-24(20,21)10-6-11(16)15(19)12(17)7-10/h3-7H,2,19H2,1H3. The Bertz CT molecular complexity index is 901. The lowest BCUT2D eigenvalue weighted by Crippen LogP contribution is -2.11. The van der Waals surface area contributed by atoms with Crippen molar-refractivity contribution in [2.24, 2.45) is 0 Å². The molecule has 24 heavy (non-hydrogen) atoms. The van der Waals surface area contributed by atoms with Crippen LogP contribution in [0, 0.1) is 11.3 Å². The van der Waals surface area contributed by atoms with Gasteiger partial charge in [-0.1, -0.05) is 23.2 Å². The molecule has 0 bridgehead atoms. The van der Waals surface area contributed by atoms with E-state index in [-0.39, 0.29) is 38.7 Å². The number of rotatable bonds is 5. The molecule has 0 saturated carbocycles. The molecule has 2 N–H and O–H groups in total. The molecule has 0 atom stereocenters. The van der Waals surface area contributed by atoms with Crippen LogP contribution in [0.1, 0.15) is 12.5 Å². The van der Waals surface area contributed by atoms with Gasteiger partial charge in [0.15, 0.2) is 11.5 Å². The number of nitrogen functional groups attached to an aromatic ring is 1. The summed E-state index contributed by atoms with van der Waals surface area (Å²) >= 11 is 11.7. The average Bonchev–Trinajstić information content (AvgIpc) is 2.53. The molecule has 2 aromatic carbocycles. The first-order chi connectivity index (χ1) is 11.3. The second-order valence-electron chi connectivity index (χ2n) is 4.54. The van der Waals surface area contributed by atoms with Crippen LogP contribution < -0.4 is 14.7 Å². The summed E-state index contributed by atoms with van der Waals surface area (Å²) < 4.78 is 35.3. The van der Waals surface area contributed by atoms with Crippen LogP contribution in [0.15, 0.2) is 35.2 Å². The number of nitrogens with zero attached hydrogens (tertiary/aromatic N) is 1. The zero-order valence-electron chi connectivity index (χ0n) is 12.4. The predicted molar refractivity (Wildman–Crippen MR) is 91.0 cm³/mol. The first-order valence-corrected chi connectivity index (χ1v) is 8.81. The van der Waals surface area contributed by atoms with E-state index in [9.17, 15) is 8.42 Å². The van der Waals surface area contributed by atoms with Gasteiger partial charge in [-0.15, -0.1) is 0 Å². The molecule has 2 rings (SSSR count). The van der Waals surface area contributed by atoms with Gasteiger partial charge in [0, 0.05) is 6.07 Å². The van der Waals surface area contributed by atoms with Crippen LogP contribution in [0.5, 0.6) is 11.5 Å². The lowest BCUT2D eigenvalue weighted by Gasteiger charge is -2.13. The van der Waals surface area contributed by atoms with Crippen molar-refractivity contribution < 1.29 is 17.3 Å². The highest BCUT2D eigenvalue weighted by atomic mass is 35.5. The van der Waals surface area contributed by atoms with Crippen molar-refractivity contribution in [3.8, 4) is 17.6 Å². The SMILES string of the molecule is CCOc1cc(C#N)ccc1OS(=O)(=O)c1cc(Cl)c(N)c(Cl)c1. The number of anilines is 1. The average molecular weight is 387 g/mol. The van der Waals surface area contributed by atoms with Gasteiger partial charge in [-0.3, -0.25) is 0 Å². The molecule has 0 aliphatic rings. The Labute approximate surface area is 149 Å².